The predicted molar refractivity (Wildman–Crippen MR) is 131 cm³/mol. The van der Waals surface area contributed by atoms with Gasteiger partial charge in [-0.3, -0.25) is 4.98 Å². The molecule has 3 aliphatic rings. The number of amides is 2. The molecular formula is C25H33N7O. The fraction of sp³-hybridized carbons (Fsp3) is 0.560. The number of aromatic amines is 1. The maximum atomic E-state index is 13.3. The summed E-state index contributed by atoms with van der Waals surface area (Å²) in [6.45, 7) is 8.66. The monoisotopic (exact) mass is 447 g/mol. The van der Waals surface area contributed by atoms with Crippen molar-refractivity contribution in [2.75, 3.05) is 63.8 Å². The van der Waals surface area contributed by atoms with Crippen molar-refractivity contribution in [2.45, 2.75) is 25.7 Å². The van der Waals surface area contributed by atoms with Crippen molar-refractivity contribution in [3.05, 3.63) is 30.7 Å². The van der Waals surface area contributed by atoms with Crippen molar-refractivity contribution in [2.24, 2.45) is 5.92 Å². The highest BCUT2D eigenvalue weighted by molar-refractivity contribution is 6.10. The van der Waals surface area contributed by atoms with Gasteiger partial charge in [-0.1, -0.05) is 0 Å². The van der Waals surface area contributed by atoms with Crippen LogP contribution < -0.4 is 4.90 Å². The third-order valence-electron chi connectivity index (χ3n) is 7.66. The number of fused-ring (bicyclic) bond motifs is 3. The third-order valence-corrected chi connectivity index (χ3v) is 7.66. The number of urea groups is 1. The van der Waals surface area contributed by atoms with Crippen molar-refractivity contribution in [1.82, 2.24) is 29.7 Å². The van der Waals surface area contributed by atoms with Crippen LogP contribution in [0, 0.1) is 5.92 Å². The lowest BCUT2D eigenvalue weighted by Gasteiger charge is -2.41. The number of carbonyl (C=O) groups is 1. The van der Waals surface area contributed by atoms with Crippen LogP contribution in [0.1, 0.15) is 25.7 Å². The molecule has 6 heterocycles. The van der Waals surface area contributed by atoms with Crippen molar-refractivity contribution >= 4 is 33.7 Å². The summed E-state index contributed by atoms with van der Waals surface area (Å²) < 4.78 is 0. The number of nitrogens with zero attached hydrogens (tertiary/aromatic N) is 6. The first-order valence-corrected chi connectivity index (χ1v) is 12.5. The van der Waals surface area contributed by atoms with Crippen LogP contribution in [0.2, 0.25) is 0 Å². The van der Waals surface area contributed by atoms with Gasteiger partial charge in [0, 0.05) is 74.7 Å². The molecule has 3 aromatic heterocycles. The molecule has 8 heteroatoms. The minimum absolute atomic E-state index is 0.234. The summed E-state index contributed by atoms with van der Waals surface area (Å²) in [5, 5.41) is 2.25. The second-order valence-corrected chi connectivity index (χ2v) is 9.81. The Balaban J connectivity index is 1.12. The molecule has 0 aromatic carbocycles. The maximum absolute atomic E-state index is 13.3. The SMILES string of the molecule is O=C(N1CCN(c2ccnc3cnc4[nH]ccc4c23)CC1)N1CCCC(CN2CCCC2)C1. The molecule has 0 radical (unpaired) electrons. The first-order chi connectivity index (χ1) is 16.3. The Labute approximate surface area is 194 Å². The molecule has 0 spiro atoms. The van der Waals surface area contributed by atoms with Crippen LogP contribution in [0.4, 0.5) is 10.5 Å². The van der Waals surface area contributed by atoms with Crippen molar-refractivity contribution in [1.29, 1.82) is 0 Å². The Kier molecular flexibility index (Phi) is 5.54. The minimum Gasteiger partial charge on any atom is -0.367 e. The number of piperidine rings is 1. The number of likely N-dealkylation sites (tertiary alicyclic amines) is 2. The lowest BCUT2D eigenvalue weighted by molar-refractivity contribution is 0.116. The first-order valence-electron chi connectivity index (χ1n) is 12.5. The topological polar surface area (TPSA) is 71.6 Å². The minimum atomic E-state index is 0.234. The molecular weight excluding hydrogens is 414 g/mol. The predicted octanol–water partition coefficient (Wildman–Crippen LogP) is 3.16. The summed E-state index contributed by atoms with van der Waals surface area (Å²) in [7, 11) is 0. The number of piperazine rings is 1. The normalized spacial score (nSPS) is 22.5. The Bertz CT molecular complexity index is 1130. The zero-order valence-electron chi connectivity index (χ0n) is 19.2. The Morgan fingerprint density at radius 2 is 1.82 bits per heavy atom. The maximum Gasteiger partial charge on any atom is 0.320 e. The summed E-state index contributed by atoms with van der Waals surface area (Å²) in [5.41, 5.74) is 2.98. The lowest BCUT2D eigenvalue weighted by atomic mass is 9.97. The highest BCUT2D eigenvalue weighted by atomic mass is 16.2. The molecule has 3 saturated heterocycles. The van der Waals surface area contributed by atoms with E-state index in [2.05, 4.69) is 46.7 Å². The van der Waals surface area contributed by atoms with Gasteiger partial charge in [0.1, 0.15) is 5.65 Å². The van der Waals surface area contributed by atoms with Crippen molar-refractivity contribution < 1.29 is 4.79 Å². The van der Waals surface area contributed by atoms with Gasteiger partial charge in [-0.2, -0.15) is 0 Å². The molecule has 8 nitrogen and oxygen atoms in total. The summed E-state index contributed by atoms with van der Waals surface area (Å²) in [6.07, 6.45) is 10.7. The molecule has 3 aromatic rings. The number of nitrogens with one attached hydrogen (secondary N) is 1. The van der Waals surface area contributed by atoms with Crippen LogP contribution in [0.25, 0.3) is 21.9 Å². The summed E-state index contributed by atoms with van der Waals surface area (Å²) in [5.74, 6) is 0.627. The van der Waals surface area contributed by atoms with E-state index in [1.807, 2.05) is 18.6 Å². The van der Waals surface area contributed by atoms with E-state index in [4.69, 9.17) is 0 Å². The zero-order valence-corrected chi connectivity index (χ0v) is 19.2. The van der Waals surface area contributed by atoms with E-state index in [9.17, 15) is 4.79 Å². The number of rotatable bonds is 3. The molecule has 6 rings (SSSR count). The van der Waals surface area contributed by atoms with Gasteiger partial charge in [-0.15, -0.1) is 0 Å². The van der Waals surface area contributed by atoms with Gasteiger partial charge >= 0.3 is 6.03 Å². The van der Waals surface area contributed by atoms with Crippen molar-refractivity contribution in [3.8, 4) is 0 Å². The number of carbonyl (C=O) groups excluding carboxylic acids is 1. The smallest absolute Gasteiger partial charge is 0.320 e. The third kappa shape index (κ3) is 4.01. The van der Waals surface area contributed by atoms with Crippen LogP contribution in [0.5, 0.6) is 0 Å². The summed E-state index contributed by atoms with van der Waals surface area (Å²) >= 11 is 0. The molecule has 0 aliphatic carbocycles. The van der Waals surface area contributed by atoms with E-state index in [-0.39, 0.29) is 6.03 Å². The lowest BCUT2D eigenvalue weighted by Crippen LogP contribution is -2.55. The van der Waals surface area contributed by atoms with Gasteiger partial charge in [-0.05, 0) is 56.8 Å². The van der Waals surface area contributed by atoms with Gasteiger partial charge in [0.15, 0.2) is 0 Å². The van der Waals surface area contributed by atoms with E-state index in [0.29, 0.717) is 5.92 Å². The molecule has 0 saturated carbocycles. The quantitative estimate of drug-likeness (QED) is 0.668. The first kappa shape index (κ1) is 20.7. The number of anilines is 1. The average molecular weight is 448 g/mol. The molecule has 33 heavy (non-hydrogen) atoms. The van der Waals surface area contributed by atoms with E-state index in [1.54, 1.807) is 0 Å². The molecule has 1 atom stereocenters. The number of pyridine rings is 2. The Morgan fingerprint density at radius 3 is 2.67 bits per heavy atom. The number of hydrogen-bond donors (Lipinski definition) is 1. The van der Waals surface area contributed by atoms with E-state index >= 15 is 0 Å². The second-order valence-electron chi connectivity index (χ2n) is 9.81. The molecule has 1 N–H and O–H groups in total. The average Bonchev–Trinajstić information content (AvgIpc) is 3.55. The zero-order chi connectivity index (χ0) is 22.2. The second kappa shape index (κ2) is 8.82. The van der Waals surface area contributed by atoms with Gasteiger partial charge < -0.3 is 24.6 Å². The highest BCUT2D eigenvalue weighted by Crippen LogP contribution is 2.32. The van der Waals surface area contributed by atoms with Crippen LogP contribution in [0.3, 0.4) is 0 Å². The van der Waals surface area contributed by atoms with Crippen molar-refractivity contribution in [3.63, 3.8) is 0 Å². The highest BCUT2D eigenvalue weighted by Gasteiger charge is 2.30. The molecule has 1 unspecified atom stereocenters. The molecule has 2 amide bonds. The number of aromatic nitrogens is 3. The van der Waals surface area contributed by atoms with Crippen LogP contribution in [-0.4, -0.2) is 94.6 Å². The van der Waals surface area contributed by atoms with Crippen LogP contribution >= 0.6 is 0 Å². The van der Waals surface area contributed by atoms with Gasteiger partial charge in [0.05, 0.1) is 11.7 Å². The Hall–Kier alpha value is -2.87. The molecule has 3 aliphatic heterocycles. The molecule has 174 valence electrons. The summed E-state index contributed by atoms with van der Waals surface area (Å²) in [6, 6.07) is 4.40. The largest absolute Gasteiger partial charge is 0.367 e. The van der Waals surface area contributed by atoms with E-state index in [0.717, 1.165) is 74.2 Å². The fourth-order valence-electron chi connectivity index (χ4n) is 5.96. The summed E-state index contributed by atoms with van der Waals surface area (Å²) in [4.78, 5) is 34.7. The Morgan fingerprint density at radius 1 is 0.970 bits per heavy atom. The standard InChI is InChI=1S/C25H33N7O/c33-25(32-11-3-4-19(18-32)17-29-9-1-2-10-29)31-14-12-30(13-15-31)22-6-8-26-21-16-28-24-20(23(21)22)5-7-27-24/h5-8,16,19H,1-4,9-15,17-18H2,(H,27,28). The molecule has 3 fully saturated rings. The number of hydrogen-bond acceptors (Lipinski definition) is 5. The number of H-pyrrole nitrogens is 1. The van der Waals surface area contributed by atoms with Gasteiger partial charge in [-0.25, -0.2) is 9.78 Å². The molecule has 0 bridgehead atoms. The van der Waals surface area contributed by atoms with E-state index < -0.39 is 0 Å². The van der Waals surface area contributed by atoms with Gasteiger partial charge in [0.25, 0.3) is 0 Å². The van der Waals surface area contributed by atoms with E-state index in [1.165, 1.54) is 38.0 Å². The van der Waals surface area contributed by atoms with Crippen LogP contribution in [-0.2, 0) is 0 Å². The fourth-order valence-corrected chi connectivity index (χ4v) is 5.96. The van der Waals surface area contributed by atoms with Gasteiger partial charge in [0.2, 0.25) is 0 Å². The van der Waals surface area contributed by atoms with Crippen LogP contribution in [0.15, 0.2) is 30.7 Å².